The topological polar surface area (TPSA) is 74.6 Å². The standard InChI is InChI=1S/C19H36O4/c1-6-8-10-15(17(20)21)13-19(4,5)12-14(3)16(18(22)23)11-9-7-2/h14-16H,6-13H2,1-5H3,(H,20,21)(H,22,23). The van der Waals surface area contributed by atoms with Gasteiger partial charge in [-0.15, -0.1) is 0 Å². The Morgan fingerprint density at radius 1 is 0.913 bits per heavy atom. The molecule has 4 nitrogen and oxygen atoms in total. The molecule has 3 unspecified atom stereocenters. The molecule has 0 amide bonds. The first-order chi connectivity index (χ1) is 10.6. The van der Waals surface area contributed by atoms with Gasteiger partial charge in [-0.25, -0.2) is 0 Å². The number of aliphatic carboxylic acids is 2. The van der Waals surface area contributed by atoms with Crippen LogP contribution in [0.4, 0.5) is 0 Å². The Bertz CT molecular complexity index is 362. The molecule has 0 aromatic carbocycles. The fourth-order valence-corrected chi connectivity index (χ4v) is 3.60. The largest absolute Gasteiger partial charge is 0.481 e. The number of hydrogen-bond donors (Lipinski definition) is 2. The van der Waals surface area contributed by atoms with Gasteiger partial charge in [0.1, 0.15) is 0 Å². The molecule has 0 radical (unpaired) electrons. The lowest BCUT2D eigenvalue weighted by molar-refractivity contribution is -0.146. The van der Waals surface area contributed by atoms with Gasteiger partial charge in [-0.2, -0.15) is 0 Å². The van der Waals surface area contributed by atoms with Gasteiger partial charge in [-0.05, 0) is 37.0 Å². The average Bonchev–Trinajstić information content (AvgIpc) is 2.42. The zero-order valence-corrected chi connectivity index (χ0v) is 15.6. The molecular weight excluding hydrogens is 292 g/mol. The van der Waals surface area contributed by atoms with Crippen LogP contribution in [0.25, 0.3) is 0 Å². The lowest BCUT2D eigenvalue weighted by Gasteiger charge is -2.33. The van der Waals surface area contributed by atoms with Crippen LogP contribution in [0.3, 0.4) is 0 Å². The van der Waals surface area contributed by atoms with E-state index in [9.17, 15) is 19.8 Å². The number of unbranched alkanes of at least 4 members (excludes halogenated alkanes) is 2. The van der Waals surface area contributed by atoms with Gasteiger partial charge in [0.15, 0.2) is 0 Å². The number of hydrogen-bond acceptors (Lipinski definition) is 2. The summed E-state index contributed by atoms with van der Waals surface area (Å²) >= 11 is 0. The first-order valence-corrected chi connectivity index (χ1v) is 9.10. The summed E-state index contributed by atoms with van der Waals surface area (Å²) in [5.41, 5.74) is -0.157. The highest BCUT2D eigenvalue weighted by atomic mass is 16.4. The third kappa shape index (κ3) is 8.97. The Kier molecular flexibility index (Phi) is 10.2. The first kappa shape index (κ1) is 21.9. The summed E-state index contributed by atoms with van der Waals surface area (Å²) < 4.78 is 0. The maximum Gasteiger partial charge on any atom is 0.306 e. The van der Waals surface area contributed by atoms with E-state index in [-0.39, 0.29) is 23.2 Å². The summed E-state index contributed by atoms with van der Waals surface area (Å²) in [5, 5.41) is 18.9. The first-order valence-electron chi connectivity index (χ1n) is 9.10. The van der Waals surface area contributed by atoms with Crippen molar-refractivity contribution < 1.29 is 19.8 Å². The van der Waals surface area contributed by atoms with Crippen LogP contribution in [-0.2, 0) is 9.59 Å². The highest BCUT2D eigenvalue weighted by Crippen LogP contribution is 2.37. The Balaban J connectivity index is 4.78. The molecule has 0 aromatic rings. The van der Waals surface area contributed by atoms with E-state index in [1.165, 1.54) is 0 Å². The highest BCUT2D eigenvalue weighted by molar-refractivity contribution is 5.70. The van der Waals surface area contributed by atoms with Gasteiger partial charge < -0.3 is 10.2 Å². The lowest BCUT2D eigenvalue weighted by atomic mass is 9.72. The van der Waals surface area contributed by atoms with Gasteiger partial charge in [0.05, 0.1) is 11.8 Å². The van der Waals surface area contributed by atoms with Crippen molar-refractivity contribution in [3.05, 3.63) is 0 Å². The predicted molar refractivity (Wildman–Crippen MR) is 93.5 cm³/mol. The summed E-state index contributed by atoms with van der Waals surface area (Å²) in [7, 11) is 0. The van der Waals surface area contributed by atoms with Crippen LogP contribution in [-0.4, -0.2) is 22.2 Å². The highest BCUT2D eigenvalue weighted by Gasteiger charge is 2.33. The number of rotatable bonds is 13. The van der Waals surface area contributed by atoms with Crippen LogP contribution in [0.2, 0.25) is 0 Å². The lowest BCUT2D eigenvalue weighted by Crippen LogP contribution is -2.29. The van der Waals surface area contributed by atoms with Gasteiger partial charge in [-0.1, -0.05) is 60.3 Å². The normalized spacial score (nSPS) is 15.9. The Morgan fingerprint density at radius 2 is 1.43 bits per heavy atom. The van der Waals surface area contributed by atoms with Crippen molar-refractivity contribution in [2.24, 2.45) is 23.2 Å². The molecule has 4 heteroatoms. The smallest absolute Gasteiger partial charge is 0.306 e. The third-order valence-electron chi connectivity index (χ3n) is 4.80. The van der Waals surface area contributed by atoms with Gasteiger partial charge in [-0.3, -0.25) is 9.59 Å². The van der Waals surface area contributed by atoms with Crippen molar-refractivity contribution in [2.75, 3.05) is 0 Å². The van der Waals surface area contributed by atoms with Crippen molar-refractivity contribution in [1.82, 2.24) is 0 Å². The van der Waals surface area contributed by atoms with Crippen LogP contribution in [0.1, 0.15) is 86.0 Å². The average molecular weight is 328 g/mol. The Labute approximate surface area is 141 Å². The molecule has 0 aliphatic rings. The van der Waals surface area contributed by atoms with Gasteiger partial charge in [0.25, 0.3) is 0 Å². The third-order valence-corrected chi connectivity index (χ3v) is 4.80. The van der Waals surface area contributed by atoms with Crippen LogP contribution in [0.15, 0.2) is 0 Å². The summed E-state index contributed by atoms with van der Waals surface area (Å²) in [4.78, 5) is 23.0. The molecule has 3 atom stereocenters. The van der Waals surface area contributed by atoms with Crippen molar-refractivity contribution in [1.29, 1.82) is 0 Å². The maximum atomic E-state index is 11.5. The SMILES string of the molecule is CCCCC(CC(C)(C)CC(C)C(CCCC)C(=O)O)C(=O)O. The quantitative estimate of drug-likeness (QED) is 0.486. The molecule has 0 saturated carbocycles. The predicted octanol–water partition coefficient (Wildman–Crippen LogP) is 5.21. The van der Waals surface area contributed by atoms with Crippen LogP contribution < -0.4 is 0 Å². The van der Waals surface area contributed by atoms with E-state index in [0.29, 0.717) is 19.3 Å². The second-order valence-electron chi connectivity index (χ2n) is 7.81. The molecule has 2 N–H and O–H groups in total. The van der Waals surface area contributed by atoms with Crippen molar-refractivity contribution in [3.8, 4) is 0 Å². The fraction of sp³-hybridized carbons (Fsp3) is 0.895. The maximum absolute atomic E-state index is 11.5. The van der Waals surface area contributed by atoms with E-state index in [1.54, 1.807) is 0 Å². The minimum Gasteiger partial charge on any atom is -0.481 e. The monoisotopic (exact) mass is 328 g/mol. The van der Waals surface area contributed by atoms with Crippen molar-refractivity contribution in [3.63, 3.8) is 0 Å². The molecule has 0 heterocycles. The summed E-state index contributed by atoms with van der Waals surface area (Å²) in [5.74, 6) is -2.03. The van der Waals surface area contributed by atoms with Crippen LogP contribution in [0.5, 0.6) is 0 Å². The van der Waals surface area contributed by atoms with Gasteiger partial charge in [0, 0.05) is 0 Å². The molecule has 0 fully saturated rings. The number of carboxylic acids is 2. The van der Waals surface area contributed by atoms with Crippen LogP contribution in [0, 0.1) is 23.2 Å². The minimum absolute atomic E-state index is 0.0645. The molecule has 0 saturated heterocycles. The van der Waals surface area contributed by atoms with Gasteiger partial charge >= 0.3 is 11.9 Å². The number of carbonyl (C=O) groups is 2. The molecule has 136 valence electrons. The van der Waals surface area contributed by atoms with E-state index in [0.717, 1.165) is 32.1 Å². The Hall–Kier alpha value is -1.06. The summed E-state index contributed by atoms with van der Waals surface area (Å²) in [6.45, 7) is 10.3. The van der Waals surface area contributed by atoms with E-state index in [4.69, 9.17) is 0 Å². The van der Waals surface area contributed by atoms with Crippen LogP contribution >= 0.6 is 0 Å². The second-order valence-corrected chi connectivity index (χ2v) is 7.81. The molecule has 0 aliphatic carbocycles. The molecule has 0 rings (SSSR count). The zero-order chi connectivity index (χ0) is 18.0. The second kappa shape index (κ2) is 10.7. The van der Waals surface area contributed by atoms with Crippen molar-refractivity contribution in [2.45, 2.75) is 86.0 Å². The molecule has 23 heavy (non-hydrogen) atoms. The molecule has 0 aromatic heterocycles. The Morgan fingerprint density at radius 3 is 1.87 bits per heavy atom. The van der Waals surface area contributed by atoms with E-state index in [2.05, 4.69) is 27.7 Å². The van der Waals surface area contributed by atoms with Crippen molar-refractivity contribution >= 4 is 11.9 Å². The minimum atomic E-state index is -0.722. The molecule has 0 spiro atoms. The molecule has 0 bridgehead atoms. The number of carboxylic acid groups (broad SMARTS) is 2. The zero-order valence-electron chi connectivity index (χ0n) is 15.6. The van der Waals surface area contributed by atoms with E-state index in [1.807, 2.05) is 6.92 Å². The van der Waals surface area contributed by atoms with Gasteiger partial charge in [0.2, 0.25) is 0 Å². The molecule has 0 aliphatic heterocycles. The fourth-order valence-electron chi connectivity index (χ4n) is 3.60. The van der Waals surface area contributed by atoms with E-state index < -0.39 is 11.9 Å². The summed E-state index contributed by atoms with van der Waals surface area (Å²) in [6.07, 6.45) is 6.64. The van der Waals surface area contributed by atoms with E-state index >= 15 is 0 Å². The molecular formula is C19H36O4. The summed E-state index contributed by atoms with van der Waals surface area (Å²) in [6, 6.07) is 0.